The number of nitrogens with one attached hydrogen (secondary N) is 2. The summed E-state index contributed by atoms with van der Waals surface area (Å²) < 4.78 is 49.2. The molecule has 2 fully saturated rings. The summed E-state index contributed by atoms with van der Waals surface area (Å²) in [5.74, 6) is 0.211. The van der Waals surface area contributed by atoms with Crippen LogP contribution in [0.2, 0.25) is 0 Å². The van der Waals surface area contributed by atoms with Gasteiger partial charge >= 0.3 is 6.18 Å². The second-order valence-corrected chi connectivity index (χ2v) is 12.6. The molecule has 1 amide bonds. The first-order valence-electron chi connectivity index (χ1n) is 15.1. The molecule has 6 heterocycles. The van der Waals surface area contributed by atoms with Gasteiger partial charge in [0.05, 0.1) is 23.0 Å². The minimum Gasteiger partial charge on any atom is -0.441 e. The summed E-state index contributed by atoms with van der Waals surface area (Å²) >= 11 is 1.34. The molecule has 7 rings (SSSR count). The zero-order valence-electron chi connectivity index (χ0n) is 25.3. The number of anilines is 3. The van der Waals surface area contributed by atoms with Crippen LogP contribution in [0.15, 0.2) is 52.3 Å². The van der Waals surface area contributed by atoms with E-state index < -0.39 is 17.3 Å². The molecule has 2 saturated heterocycles. The van der Waals surface area contributed by atoms with Gasteiger partial charge in [-0.15, -0.1) is 11.3 Å². The Morgan fingerprint density at radius 2 is 1.87 bits per heavy atom. The molecule has 12 nitrogen and oxygen atoms in total. The molecule has 2 aliphatic rings. The third-order valence-electron chi connectivity index (χ3n) is 8.29. The Morgan fingerprint density at radius 3 is 2.60 bits per heavy atom. The number of benzene rings is 1. The third-order valence-corrected chi connectivity index (χ3v) is 9.28. The second-order valence-electron chi connectivity index (χ2n) is 11.4. The molecule has 0 aliphatic carbocycles. The second kappa shape index (κ2) is 12.4. The summed E-state index contributed by atoms with van der Waals surface area (Å²) in [5, 5.41) is 7.03. The van der Waals surface area contributed by atoms with E-state index in [-0.39, 0.29) is 41.0 Å². The highest BCUT2D eigenvalue weighted by Gasteiger charge is 2.35. The van der Waals surface area contributed by atoms with Gasteiger partial charge in [-0.3, -0.25) is 14.2 Å². The highest BCUT2D eigenvalue weighted by Crippen LogP contribution is 2.39. The maximum atomic E-state index is 14.2. The fraction of sp³-hybridized carbons (Fsp3) is 0.355. The molecule has 47 heavy (non-hydrogen) atoms. The lowest BCUT2D eigenvalue weighted by molar-refractivity contribution is -0.137. The summed E-state index contributed by atoms with van der Waals surface area (Å²) in [7, 11) is 0. The Balaban J connectivity index is 1.28. The van der Waals surface area contributed by atoms with Crippen molar-refractivity contribution in [3.8, 4) is 22.0 Å². The number of carbonyl (C=O) groups is 1. The van der Waals surface area contributed by atoms with E-state index >= 15 is 0 Å². The molecule has 0 saturated carbocycles. The zero-order valence-corrected chi connectivity index (χ0v) is 26.1. The summed E-state index contributed by atoms with van der Waals surface area (Å²) in [5.41, 5.74) is -0.156. The standard InChI is InChI=1S/C31H30F3N9O3S/c1-18-26(39-28(47-18)24-15-36-17-46-24)21-12-19-14-37-30(40-27(19)43(29(21)45)16-25(44)42-8-2-3-9-42)38-20-4-5-23(22(13-20)31(32,33)34)41-10-6-35-7-11-41/h4-5,12-15,17,35H,2-3,6-11,16H2,1H3,(H,37,38,40). The number of hydrogen-bond acceptors (Lipinski definition) is 11. The Kier molecular flexibility index (Phi) is 8.13. The van der Waals surface area contributed by atoms with Crippen LogP contribution in [-0.4, -0.2) is 74.6 Å². The minimum atomic E-state index is -4.59. The summed E-state index contributed by atoms with van der Waals surface area (Å²) in [6, 6.07) is 5.64. The molecule has 16 heteroatoms. The first kappa shape index (κ1) is 30.8. The molecule has 0 atom stereocenters. The molecule has 1 aromatic carbocycles. The van der Waals surface area contributed by atoms with Crippen LogP contribution >= 0.6 is 11.3 Å². The van der Waals surface area contributed by atoms with Crippen LogP contribution in [0.3, 0.4) is 0 Å². The molecular weight excluding hydrogens is 635 g/mol. The fourth-order valence-electron chi connectivity index (χ4n) is 5.96. The number of rotatable bonds is 7. The van der Waals surface area contributed by atoms with Gasteiger partial charge in [0.2, 0.25) is 11.9 Å². The number of fused-ring (bicyclic) bond motifs is 1. The Morgan fingerprint density at radius 1 is 1.09 bits per heavy atom. The molecule has 0 radical (unpaired) electrons. The van der Waals surface area contributed by atoms with Crippen LogP contribution in [0, 0.1) is 6.92 Å². The van der Waals surface area contributed by atoms with Crippen molar-refractivity contribution < 1.29 is 22.4 Å². The number of hydrogen-bond donors (Lipinski definition) is 2. The van der Waals surface area contributed by atoms with Gasteiger partial charge in [-0.05, 0) is 44.0 Å². The van der Waals surface area contributed by atoms with Crippen molar-refractivity contribution in [2.45, 2.75) is 32.5 Å². The largest absolute Gasteiger partial charge is 0.441 e. The van der Waals surface area contributed by atoms with Crippen molar-refractivity contribution in [1.29, 1.82) is 0 Å². The van der Waals surface area contributed by atoms with Crippen molar-refractivity contribution in [1.82, 2.24) is 34.7 Å². The highest BCUT2D eigenvalue weighted by molar-refractivity contribution is 7.15. The molecular formula is C31H30F3N9O3S. The summed E-state index contributed by atoms with van der Waals surface area (Å²) in [4.78, 5) is 49.1. The molecule has 0 bridgehead atoms. The van der Waals surface area contributed by atoms with E-state index in [1.165, 1.54) is 40.8 Å². The summed E-state index contributed by atoms with van der Waals surface area (Å²) in [6.45, 7) is 4.88. The maximum absolute atomic E-state index is 14.2. The monoisotopic (exact) mass is 665 g/mol. The van der Waals surface area contributed by atoms with Gasteiger partial charge in [0, 0.05) is 67.1 Å². The number of carbonyl (C=O) groups excluding carboxylic acids is 1. The number of aromatic nitrogens is 5. The van der Waals surface area contributed by atoms with Crippen LogP contribution in [0.25, 0.3) is 33.1 Å². The topological polar surface area (TPSA) is 134 Å². The van der Waals surface area contributed by atoms with E-state index in [4.69, 9.17) is 4.42 Å². The van der Waals surface area contributed by atoms with Crippen molar-refractivity contribution in [3.05, 3.63) is 63.8 Å². The molecule has 4 aromatic heterocycles. The number of halogens is 3. The number of nitrogens with zero attached hydrogens (tertiary/aromatic N) is 7. The van der Waals surface area contributed by atoms with Crippen LogP contribution in [0.1, 0.15) is 23.3 Å². The minimum absolute atomic E-state index is 0.0208. The average Bonchev–Trinajstić information content (AvgIpc) is 3.86. The van der Waals surface area contributed by atoms with Gasteiger partial charge < -0.3 is 24.9 Å². The van der Waals surface area contributed by atoms with Gasteiger partial charge in [-0.2, -0.15) is 18.2 Å². The van der Waals surface area contributed by atoms with E-state index in [1.54, 1.807) is 21.9 Å². The smallest absolute Gasteiger partial charge is 0.418 e. The number of aryl methyl sites for hydroxylation is 1. The van der Waals surface area contributed by atoms with Crippen molar-refractivity contribution in [2.24, 2.45) is 0 Å². The number of oxazole rings is 1. The SMILES string of the molecule is Cc1sc(-c2cnco2)nc1-c1cc2cnc(Nc3ccc(N4CCNCC4)c(C(F)(F)F)c3)nc2n(CC(=O)N2CCCC2)c1=O. The van der Waals surface area contributed by atoms with Crippen LogP contribution < -0.4 is 21.1 Å². The number of piperazine rings is 1. The fourth-order valence-corrected chi connectivity index (χ4v) is 6.84. The van der Waals surface area contributed by atoms with E-state index in [0.717, 1.165) is 23.8 Å². The van der Waals surface area contributed by atoms with Gasteiger partial charge in [-0.25, -0.2) is 15.0 Å². The van der Waals surface area contributed by atoms with E-state index in [2.05, 4.69) is 30.6 Å². The quantitative estimate of drug-likeness (QED) is 0.253. The predicted molar refractivity (Wildman–Crippen MR) is 171 cm³/mol. The Labute approximate surface area is 270 Å². The van der Waals surface area contributed by atoms with E-state index in [9.17, 15) is 22.8 Å². The first-order chi connectivity index (χ1) is 22.7. The zero-order chi connectivity index (χ0) is 32.7. The number of thiazole rings is 1. The van der Waals surface area contributed by atoms with Gasteiger partial charge in [0.1, 0.15) is 12.2 Å². The van der Waals surface area contributed by atoms with Crippen molar-refractivity contribution >= 4 is 45.6 Å². The normalized spacial score (nSPS) is 15.5. The lowest BCUT2D eigenvalue weighted by Gasteiger charge is -2.31. The van der Waals surface area contributed by atoms with Crippen molar-refractivity contribution in [2.75, 3.05) is 49.5 Å². The number of amides is 1. The van der Waals surface area contributed by atoms with Crippen LogP contribution in [-0.2, 0) is 17.5 Å². The van der Waals surface area contributed by atoms with Crippen LogP contribution in [0.4, 0.5) is 30.5 Å². The van der Waals surface area contributed by atoms with E-state index in [0.29, 0.717) is 61.1 Å². The molecule has 5 aromatic rings. The van der Waals surface area contributed by atoms with Crippen LogP contribution in [0.5, 0.6) is 0 Å². The molecule has 2 aliphatic heterocycles. The predicted octanol–water partition coefficient (Wildman–Crippen LogP) is 4.67. The van der Waals surface area contributed by atoms with Gasteiger partial charge in [-0.1, -0.05) is 0 Å². The Bertz CT molecular complexity index is 2000. The average molecular weight is 666 g/mol. The van der Waals surface area contributed by atoms with E-state index in [1.807, 2.05) is 6.92 Å². The van der Waals surface area contributed by atoms with Gasteiger partial charge in [0.25, 0.3) is 5.56 Å². The Hall–Kier alpha value is -4.83. The first-order valence-corrected chi connectivity index (χ1v) is 16.0. The lowest BCUT2D eigenvalue weighted by Crippen LogP contribution is -2.44. The highest BCUT2D eigenvalue weighted by atomic mass is 32.1. The third kappa shape index (κ3) is 6.17. The molecule has 0 unspecified atom stereocenters. The van der Waals surface area contributed by atoms with Gasteiger partial charge in [0.15, 0.2) is 17.2 Å². The molecule has 244 valence electrons. The van der Waals surface area contributed by atoms with Crippen molar-refractivity contribution in [3.63, 3.8) is 0 Å². The lowest BCUT2D eigenvalue weighted by atomic mass is 10.1. The molecule has 2 N–H and O–H groups in total. The summed E-state index contributed by atoms with van der Waals surface area (Å²) in [6.07, 6.45) is 1.49. The number of alkyl halides is 3. The maximum Gasteiger partial charge on any atom is 0.418 e. The number of pyridine rings is 1. The number of likely N-dealkylation sites (tertiary alicyclic amines) is 1. The molecule has 0 spiro atoms.